The summed E-state index contributed by atoms with van der Waals surface area (Å²) in [5.41, 5.74) is 1.62. The molecule has 0 bridgehead atoms. The van der Waals surface area contributed by atoms with E-state index in [0.29, 0.717) is 16.8 Å². The second-order valence-corrected chi connectivity index (χ2v) is 4.30. The van der Waals surface area contributed by atoms with Crippen LogP contribution in [0.4, 0.5) is 0 Å². The monoisotopic (exact) mass is 272 g/mol. The van der Waals surface area contributed by atoms with Crippen LogP contribution in [0.25, 0.3) is 0 Å². The van der Waals surface area contributed by atoms with Gasteiger partial charge in [0, 0.05) is 12.0 Å². The molecule has 0 spiro atoms. The van der Waals surface area contributed by atoms with Crippen molar-refractivity contribution >= 4 is 21.9 Å². The predicted molar refractivity (Wildman–Crippen MR) is 59.0 cm³/mol. The van der Waals surface area contributed by atoms with E-state index in [1.165, 1.54) is 0 Å². The van der Waals surface area contributed by atoms with Crippen molar-refractivity contribution in [2.45, 2.75) is 32.6 Å². The van der Waals surface area contributed by atoms with Crippen LogP contribution in [-0.4, -0.2) is 12.6 Å². The lowest BCUT2D eigenvalue weighted by Gasteiger charge is -2.10. The Balaban J connectivity index is 2.37. The summed E-state index contributed by atoms with van der Waals surface area (Å²) in [6.07, 6.45) is 4.09. The number of ether oxygens (including phenoxy) is 1. The second-order valence-electron chi connectivity index (χ2n) is 3.58. The maximum atomic E-state index is 11.7. The summed E-state index contributed by atoms with van der Waals surface area (Å²) in [6.45, 7) is 2.20. The number of hydrogen-bond donors (Lipinski definition) is 0. The fourth-order valence-electron chi connectivity index (χ4n) is 1.94. The van der Waals surface area contributed by atoms with Gasteiger partial charge in [0.25, 0.3) is 0 Å². The van der Waals surface area contributed by atoms with E-state index in [2.05, 4.69) is 15.9 Å². The SMILES string of the molecule is CCOC(=O)c1c(Br)oc2c1CCCC2. The largest absolute Gasteiger partial charge is 0.462 e. The molecule has 0 saturated carbocycles. The van der Waals surface area contributed by atoms with Gasteiger partial charge in [-0.2, -0.15) is 0 Å². The number of aryl methyl sites for hydroxylation is 1. The zero-order valence-electron chi connectivity index (χ0n) is 8.64. The van der Waals surface area contributed by atoms with Crippen molar-refractivity contribution in [2.24, 2.45) is 0 Å². The third-order valence-corrected chi connectivity index (χ3v) is 3.17. The summed E-state index contributed by atoms with van der Waals surface area (Å²) in [6, 6.07) is 0. The van der Waals surface area contributed by atoms with Crippen molar-refractivity contribution < 1.29 is 13.9 Å². The van der Waals surface area contributed by atoms with Crippen molar-refractivity contribution in [3.05, 3.63) is 21.6 Å². The maximum absolute atomic E-state index is 11.7. The molecular formula is C11H13BrO3. The number of hydrogen-bond acceptors (Lipinski definition) is 3. The summed E-state index contributed by atoms with van der Waals surface area (Å²) < 4.78 is 11.0. The molecule has 15 heavy (non-hydrogen) atoms. The molecule has 0 saturated heterocycles. The summed E-state index contributed by atoms with van der Waals surface area (Å²) in [5.74, 6) is 0.660. The van der Waals surface area contributed by atoms with Crippen molar-refractivity contribution in [3.63, 3.8) is 0 Å². The standard InChI is InChI=1S/C11H13BrO3/c1-2-14-11(13)9-7-5-3-4-6-8(7)15-10(9)12/h2-6H2,1H3. The Kier molecular flexibility index (Phi) is 3.14. The highest BCUT2D eigenvalue weighted by Gasteiger charge is 2.26. The van der Waals surface area contributed by atoms with Gasteiger partial charge in [-0.15, -0.1) is 0 Å². The molecule has 1 aromatic rings. The van der Waals surface area contributed by atoms with Gasteiger partial charge in [0.1, 0.15) is 11.3 Å². The number of carbonyl (C=O) groups is 1. The fraction of sp³-hybridized carbons (Fsp3) is 0.545. The molecule has 2 rings (SSSR count). The molecule has 3 nitrogen and oxygen atoms in total. The van der Waals surface area contributed by atoms with Crippen LogP contribution in [0.3, 0.4) is 0 Å². The van der Waals surface area contributed by atoms with E-state index >= 15 is 0 Å². The summed E-state index contributed by atoms with van der Waals surface area (Å²) in [5, 5.41) is 0. The molecule has 82 valence electrons. The molecule has 1 aromatic heterocycles. The van der Waals surface area contributed by atoms with Crippen LogP contribution in [0.1, 0.15) is 41.4 Å². The van der Waals surface area contributed by atoms with Crippen LogP contribution in [0.5, 0.6) is 0 Å². The summed E-state index contributed by atoms with van der Waals surface area (Å²) in [7, 11) is 0. The molecule has 1 aliphatic carbocycles. The van der Waals surface area contributed by atoms with Crippen LogP contribution in [0.2, 0.25) is 0 Å². The van der Waals surface area contributed by atoms with Gasteiger partial charge in [-0.05, 0) is 42.1 Å². The van der Waals surface area contributed by atoms with E-state index < -0.39 is 0 Å². The Morgan fingerprint density at radius 1 is 1.47 bits per heavy atom. The lowest BCUT2D eigenvalue weighted by atomic mass is 9.95. The van der Waals surface area contributed by atoms with E-state index in [1.807, 2.05) is 0 Å². The van der Waals surface area contributed by atoms with Gasteiger partial charge in [-0.3, -0.25) is 0 Å². The first-order valence-corrected chi connectivity index (χ1v) is 6.00. The molecule has 4 heteroatoms. The molecular weight excluding hydrogens is 260 g/mol. The van der Waals surface area contributed by atoms with Crippen molar-refractivity contribution in [1.82, 2.24) is 0 Å². The quantitative estimate of drug-likeness (QED) is 0.777. The summed E-state index contributed by atoms with van der Waals surface area (Å²) in [4.78, 5) is 11.7. The summed E-state index contributed by atoms with van der Waals surface area (Å²) >= 11 is 3.28. The molecule has 0 N–H and O–H groups in total. The Morgan fingerprint density at radius 2 is 2.20 bits per heavy atom. The molecule has 0 atom stereocenters. The first kappa shape index (κ1) is 10.7. The highest BCUT2D eigenvalue weighted by Crippen LogP contribution is 2.33. The number of rotatable bonds is 2. The third-order valence-electron chi connectivity index (χ3n) is 2.61. The minimum Gasteiger partial charge on any atom is -0.462 e. The predicted octanol–water partition coefficient (Wildman–Crippen LogP) is 3.10. The minimum atomic E-state index is -0.281. The number of fused-ring (bicyclic) bond motifs is 1. The number of furan rings is 1. The Morgan fingerprint density at radius 3 is 2.93 bits per heavy atom. The van der Waals surface area contributed by atoms with Gasteiger partial charge in [0.05, 0.1) is 6.61 Å². The van der Waals surface area contributed by atoms with Crippen LogP contribution >= 0.6 is 15.9 Å². The lowest BCUT2D eigenvalue weighted by Crippen LogP contribution is -2.09. The normalized spacial score (nSPS) is 14.8. The maximum Gasteiger partial charge on any atom is 0.342 e. The van der Waals surface area contributed by atoms with Crippen molar-refractivity contribution in [3.8, 4) is 0 Å². The number of halogens is 1. The van der Waals surface area contributed by atoms with Gasteiger partial charge in [0.2, 0.25) is 0 Å². The highest BCUT2D eigenvalue weighted by atomic mass is 79.9. The van der Waals surface area contributed by atoms with Gasteiger partial charge in [-0.1, -0.05) is 0 Å². The van der Waals surface area contributed by atoms with Crippen LogP contribution in [0.15, 0.2) is 9.09 Å². The van der Waals surface area contributed by atoms with Crippen LogP contribution in [0, 0.1) is 0 Å². The number of carbonyl (C=O) groups excluding carboxylic acids is 1. The first-order valence-electron chi connectivity index (χ1n) is 5.21. The molecule has 1 heterocycles. The highest BCUT2D eigenvalue weighted by molar-refractivity contribution is 9.10. The Hall–Kier alpha value is -0.770. The van der Waals surface area contributed by atoms with Gasteiger partial charge >= 0.3 is 5.97 Å². The van der Waals surface area contributed by atoms with E-state index in [-0.39, 0.29) is 5.97 Å². The molecule has 1 aliphatic rings. The third kappa shape index (κ3) is 1.95. The zero-order chi connectivity index (χ0) is 10.8. The van der Waals surface area contributed by atoms with Crippen molar-refractivity contribution in [2.75, 3.05) is 6.61 Å². The van der Waals surface area contributed by atoms with E-state index in [1.54, 1.807) is 6.92 Å². The second kappa shape index (κ2) is 4.39. The molecule has 0 radical (unpaired) electrons. The molecule has 0 fully saturated rings. The van der Waals surface area contributed by atoms with Crippen LogP contribution in [-0.2, 0) is 17.6 Å². The number of esters is 1. The average Bonchev–Trinajstić information content (AvgIpc) is 2.54. The molecule has 0 aromatic carbocycles. The van der Waals surface area contributed by atoms with Crippen molar-refractivity contribution in [1.29, 1.82) is 0 Å². The van der Waals surface area contributed by atoms with Gasteiger partial charge in [0.15, 0.2) is 4.67 Å². The lowest BCUT2D eigenvalue weighted by molar-refractivity contribution is 0.0523. The Labute approximate surface area is 96.9 Å². The first-order chi connectivity index (χ1) is 7.24. The Bertz CT molecular complexity index is 381. The van der Waals surface area contributed by atoms with E-state index in [4.69, 9.17) is 9.15 Å². The van der Waals surface area contributed by atoms with Crippen LogP contribution < -0.4 is 0 Å². The topological polar surface area (TPSA) is 39.4 Å². The smallest absolute Gasteiger partial charge is 0.342 e. The van der Waals surface area contributed by atoms with E-state index in [9.17, 15) is 4.79 Å². The zero-order valence-corrected chi connectivity index (χ0v) is 10.2. The van der Waals surface area contributed by atoms with Gasteiger partial charge in [-0.25, -0.2) is 4.79 Å². The fourth-order valence-corrected chi connectivity index (χ4v) is 2.54. The molecule has 0 unspecified atom stereocenters. The minimum absolute atomic E-state index is 0.281. The van der Waals surface area contributed by atoms with Gasteiger partial charge < -0.3 is 9.15 Å². The molecule has 0 amide bonds. The molecule has 0 aliphatic heterocycles. The van der Waals surface area contributed by atoms with E-state index in [0.717, 1.165) is 37.0 Å². The average molecular weight is 273 g/mol.